The van der Waals surface area contributed by atoms with Crippen LogP contribution in [0, 0.1) is 0 Å². The molecule has 6 rings (SSSR count). The van der Waals surface area contributed by atoms with Gasteiger partial charge in [0.05, 0.1) is 27.8 Å². The van der Waals surface area contributed by atoms with Crippen molar-refractivity contribution in [1.82, 2.24) is 0 Å². The molecule has 5 aromatic carbocycles. The average molecular weight is 1060 g/mol. The van der Waals surface area contributed by atoms with Crippen molar-refractivity contribution < 1.29 is 176 Å². The first-order valence-corrected chi connectivity index (χ1v) is 20.4. The van der Waals surface area contributed by atoms with E-state index in [4.69, 9.17) is 45.9 Å². The Balaban J connectivity index is 0.00000183. The van der Waals surface area contributed by atoms with Crippen LogP contribution in [0.5, 0.6) is 86.2 Å². The summed E-state index contributed by atoms with van der Waals surface area (Å²) in [4.78, 5) is 68.5. The molecular formula is C41H33NaO30S. The van der Waals surface area contributed by atoms with E-state index in [1.807, 2.05) is 0 Å². The quantitative estimate of drug-likeness (QED) is 0.0165. The number of carbonyl (C=O) groups excluding carboxylic acids is 5. The normalized spacial score (nSPS) is 17.0. The fourth-order valence-electron chi connectivity index (χ4n) is 6.11. The van der Waals surface area contributed by atoms with Gasteiger partial charge in [0.1, 0.15) is 12.7 Å². The van der Waals surface area contributed by atoms with Crippen LogP contribution in [0.4, 0.5) is 0 Å². The van der Waals surface area contributed by atoms with Crippen molar-refractivity contribution in [2.24, 2.45) is 0 Å². The Morgan fingerprint density at radius 2 is 0.630 bits per heavy atom. The van der Waals surface area contributed by atoms with Gasteiger partial charge in [-0.25, -0.2) is 32.4 Å². The smallest absolute Gasteiger partial charge is 0.726 e. The summed E-state index contributed by atoms with van der Waals surface area (Å²) >= 11 is 0. The zero-order valence-corrected chi connectivity index (χ0v) is 39.0. The van der Waals surface area contributed by atoms with Crippen LogP contribution >= 0.6 is 0 Å². The van der Waals surface area contributed by atoms with Gasteiger partial charge in [-0.1, -0.05) is 0 Å². The van der Waals surface area contributed by atoms with Crippen LogP contribution in [0.25, 0.3) is 0 Å². The van der Waals surface area contributed by atoms with Gasteiger partial charge in [-0.2, -0.15) is 0 Å². The molecule has 1 fully saturated rings. The second-order valence-corrected chi connectivity index (χ2v) is 15.3. The van der Waals surface area contributed by atoms with Crippen molar-refractivity contribution >= 4 is 40.2 Å². The summed E-state index contributed by atoms with van der Waals surface area (Å²) in [6.07, 6.45) is -12.2. The van der Waals surface area contributed by atoms with Gasteiger partial charge < -0.3 is 110 Å². The first-order valence-electron chi connectivity index (χ1n) is 19.0. The van der Waals surface area contributed by atoms with E-state index in [0.29, 0.717) is 60.7 Å². The van der Waals surface area contributed by atoms with Crippen molar-refractivity contribution in [2.45, 2.75) is 30.7 Å². The van der Waals surface area contributed by atoms with E-state index in [1.54, 1.807) is 0 Å². The van der Waals surface area contributed by atoms with Crippen LogP contribution in [0.15, 0.2) is 60.7 Å². The Labute approximate surface area is 426 Å². The first-order chi connectivity index (χ1) is 33.4. The van der Waals surface area contributed by atoms with Gasteiger partial charge in [-0.3, -0.25) is 4.55 Å². The van der Waals surface area contributed by atoms with Crippen LogP contribution in [0.3, 0.4) is 0 Å². The zero-order chi connectivity index (χ0) is 53.8. The molecule has 0 spiro atoms. The van der Waals surface area contributed by atoms with E-state index in [1.165, 1.54) is 0 Å². The van der Waals surface area contributed by atoms with E-state index in [9.17, 15) is 101 Å². The molecule has 0 bridgehead atoms. The number of rotatable bonds is 11. The molecular weight excluding hydrogens is 1030 g/mol. The van der Waals surface area contributed by atoms with Gasteiger partial charge >= 0.3 is 59.4 Å². The maximum Gasteiger partial charge on any atom is 1.00 e. The summed E-state index contributed by atoms with van der Waals surface area (Å²) in [5, 5.41) is 150. The summed E-state index contributed by atoms with van der Waals surface area (Å²) in [6, 6.07) is 5.60. The number of benzene rings is 5. The molecule has 0 amide bonds. The van der Waals surface area contributed by atoms with Crippen molar-refractivity contribution in [3.8, 4) is 86.2 Å². The summed E-state index contributed by atoms with van der Waals surface area (Å²) in [5.41, 5.74) is -3.88. The molecule has 384 valence electrons. The van der Waals surface area contributed by atoms with Crippen LogP contribution in [0.2, 0.25) is 0 Å². The van der Waals surface area contributed by atoms with Gasteiger partial charge in [-0.15, -0.1) is 0 Å². The van der Waals surface area contributed by atoms with Crippen LogP contribution in [-0.2, 0) is 38.8 Å². The number of esters is 5. The minimum absolute atomic E-state index is 0. The summed E-state index contributed by atoms with van der Waals surface area (Å²) in [5.74, 6) is -24.5. The molecule has 1 heterocycles. The third-order valence-corrected chi connectivity index (χ3v) is 9.45. The van der Waals surface area contributed by atoms with Crippen LogP contribution in [-0.4, -0.2) is 161 Å². The monoisotopic (exact) mass is 1060 g/mol. The largest absolute Gasteiger partial charge is 1.00 e. The van der Waals surface area contributed by atoms with Crippen LogP contribution in [0.1, 0.15) is 51.8 Å². The molecule has 0 saturated carbocycles. The van der Waals surface area contributed by atoms with E-state index in [-0.39, 0.29) is 29.6 Å². The summed E-state index contributed by atoms with van der Waals surface area (Å²) in [7, 11) is -4.92. The molecule has 0 radical (unpaired) electrons. The number of phenolic OH excluding ortho intramolecular Hbond substituents is 15. The van der Waals surface area contributed by atoms with Crippen molar-refractivity contribution in [1.29, 1.82) is 0 Å². The Kier molecular flexibility index (Phi) is 17.6. The molecule has 73 heavy (non-hydrogen) atoms. The SMILES string of the molecule is O=C(OC[C@H]1O[C@@H](OC(=O)c2cc(O)c(O)c(O)c2)[C@H](OC(=O)c2cc(O)c(O)c(O)c2)[C@@H](OC(=O)c2cc(O)c(O)c(O)c2)[C@@H]1OC(=O)c1cc(O)c(O)c(O)c1)c1cc(O)c(O)c(O)c1.O=S(=O)([O-])O.[Na+]. The predicted molar refractivity (Wildman–Crippen MR) is 221 cm³/mol. The molecule has 1 saturated heterocycles. The van der Waals surface area contributed by atoms with Crippen molar-refractivity contribution in [3.05, 3.63) is 88.5 Å². The summed E-state index contributed by atoms with van der Waals surface area (Å²) in [6.45, 7) is -1.25. The molecule has 16 N–H and O–H groups in total. The van der Waals surface area contributed by atoms with Crippen molar-refractivity contribution in [3.63, 3.8) is 0 Å². The van der Waals surface area contributed by atoms with Gasteiger partial charge in [0.25, 0.3) is 0 Å². The second kappa shape index (κ2) is 22.6. The topological polar surface area (TPSA) is 522 Å². The maximum absolute atomic E-state index is 13.9. The maximum atomic E-state index is 13.9. The van der Waals surface area contributed by atoms with E-state index in [0.717, 1.165) is 0 Å². The molecule has 0 aromatic heterocycles. The third-order valence-electron chi connectivity index (χ3n) is 9.45. The summed E-state index contributed by atoms with van der Waals surface area (Å²) < 4.78 is 66.0. The number of hydrogen-bond donors (Lipinski definition) is 16. The third kappa shape index (κ3) is 13.6. The number of hydrogen-bond acceptors (Lipinski definition) is 29. The minimum atomic E-state index is -4.92. The molecule has 5 atom stereocenters. The first kappa shape index (κ1) is 56.9. The Hall–Kier alpha value is -8.72. The van der Waals surface area contributed by atoms with Crippen LogP contribution < -0.4 is 29.6 Å². The van der Waals surface area contributed by atoms with Gasteiger partial charge in [0.2, 0.25) is 22.8 Å². The number of phenols is 15. The van der Waals surface area contributed by atoms with Gasteiger partial charge in [0.15, 0.2) is 98.5 Å². The fourth-order valence-corrected chi connectivity index (χ4v) is 6.11. The molecule has 1 aliphatic heterocycles. The van der Waals surface area contributed by atoms with Gasteiger partial charge in [0, 0.05) is 0 Å². The van der Waals surface area contributed by atoms with E-state index in [2.05, 4.69) is 0 Å². The Morgan fingerprint density at radius 3 is 0.904 bits per heavy atom. The predicted octanol–water partition coefficient (Wildman–Crippen LogP) is -2.31. The number of aromatic hydroxyl groups is 15. The van der Waals surface area contributed by atoms with Crippen molar-refractivity contribution in [2.75, 3.05) is 6.61 Å². The molecule has 0 aliphatic carbocycles. The second-order valence-electron chi connectivity index (χ2n) is 14.4. The minimum Gasteiger partial charge on any atom is -0.726 e. The van der Waals surface area contributed by atoms with E-state index >= 15 is 0 Å². The average Bonchev–Trinajstić information content (AvgIpc) is 3.29. The molecule has 30 nitrogen and oxygen atoms in total. The Bertz CT molecular complexity index is 2980. The number of carbonyl (C=O) groups is 5. The zero-order valence-electron chi connectivity index (χ0n) is 36.1. The molecule has 5 aromatic rings. The molecule has 32 heteroatoms. The van der Waals surface area contributed by atoms with Gasteiger partial charge in [-0.05, 0) is 60.7 Å². The number of ether oxygens (including phenoxy) is 6. The fraction of sp³-hybridized carbons (Fsp3) is 0.146. The van der Waals surface area contributed by atoms with E-state index < -0.39 is 192 Å². The Morgan fingerprint density at radius 1 is 0.411 bits per heavy atom. The molecule has 0 unspecified atom stereocenters. The standard InChI is InChI=1S/C41H32O26.Na.H2O4S/c42-17-1-12(2-18(43)28(17)52)36(57)62-11-27-33(64-37(58)13-3-19(44)29(53)20(45)4-13)34(65-38(59)14-5-21(46)30(54)22(47)6-14)35(66-39(60)15-7-23(48)31(55)24(49)8-15)41(63-27)67-40(61)16-9-25(50)32(56)26(51)10-16;;1-5(2,3)4/h1-10,27,33-35,41-56H,11H2;;(H2,1,2,3,4)/q;+1;/p-1/t27-,33-,34+,35-,41+;;/m1../s1. The molecule has 1 aliphatic rings.